The van der Waals surface area contributed by atoms with Crippen LogP contribution in [0.1, 0.15) is 16.9 Å². The molecule has 0 aliphatic heterocycles. The first-order valence-electron chi connectivity index (χ1n) is 6.73. The summed E-state index contributed by atoms with van der Waals surface area (Å²) in [6.07, 6.45) is 0.794. The second-order valence-electron chi connectivity index (χ2n) is 4.87. The van der Waals surface area contributed by atoms with E-state index in [0.717, 1.165) is 11.1 Å². The highest BCUT2D eigenvalue weighted by molar-refractivity contribution is 5.80. The van der Waals surface area contributed by atoms with Gasteiger partial charge in [0.25, 0.3) is 0 Å². The highest BCUT2D eigenvalue weighted by atomic mass is 16.3. The molecular formula is C18H13NO2. The van der Waals surface area contributed by atoms with Crippen LogP contribution in [0.2, 0.25) is 0 Å². The molecule has 0 N–H and O–H groups in total. The maximum atomic E-state index is 12.2. The average molecular weight is 275 g/mol. The average Bonchev–Trinajstić information content (AvgIpc) is 2.49. The lowest BCUT2D eigenvalue weighted by Gasteiger charge is -2.06. The van der Waals surface area contributed by atoms with Crippen LogP contribution < -0.4 is 5.43 Å². The van der Waals surface area contributed by atoms with Gasteiger partial charge in [-0.25, -0.2) is 0 Å². The third-order valence-corrected chi connectivity index (χ3v) is 3.38. The van der Waals surface area contributed by atoms with Crippen molar-refractivity contribution in [2.45, 2.75) is 12.8 Å². The van der Waals surface area contributed by atoms with E-state index in [0.29, 0.717) is 23.2 Å². The lowest BCUT2D eigenvalue weighted by molar-refractivity contribution is 0.546. The number of benzene rings is 2. The van der Waals surface area contributed by atoms with E-state index in [1.165, 1.54) is 6.07 Å². The summed E-state index contributed by atoms with van der Waals surface area (Å²) in [5.41, 5.74) is 2.29. The van der Waals surface area contributed by atoms with Crippen molar-refractivity contribution < 1.29 is 4.42 Å². The topological polar surface area (TPSA) is 54.0 Å². The molecule has 102 valence electrons. The minimum Gasteiger partial charge on any atom is -0.460 e. The van der Waals surface area contributed by atoms with Crippen LogP contribution in [-0.2, 0) is 12.8 Å². The van der Waals surface area contributed by atoms with Gasteiger partial charge in [-0.2, -0.15) is 5.26 Å². The van der Waals surface area contributed by atoms with Crippen LogP contribution >= 0.6 is 0 Å². The fourth-order valence-electron chi connectivity index (χ4n) is 2.39. The van der Waals surface area contributed by atoms with Gasteiger partial charge in [0.1, 0.15) is 11.3 Å². The van der Waals surface area contributed by atoms with Gasteiger partial charge in [-0.05, 0) is 11.6 Å². The molecule has 0 amide bonds. The summed E-state index contributed by atoms with van der Waals surface area (Å²) in [7, 11) is 0. The molecule has 1 aromatic heterocycles. The van der Waals surface area contributed by atoms with E-state index in [2.05, 4.69) is 6.07 Å². The minimum absolute atomic E-state index is 0.0676. The number of nitriles is 1. The number of fused-ring (bicyclic) bond motifs is 1. The van der Waals surface area contributed by atoms with Crippen molar-refractivity contribution in [1.82, 2.24) is 0 Å². The van der Waals surface area contributed by atoms with Gasteiger partial charge < -0.3 is 4.42 Å². The zero-order chi connectivity index (χ0) is 14.7. The standard InChI is InChI=1S/C18H13NO2/c19-10-9-14-7-4-8-16-17(20)12-15(21-18(14)16)11-13-5-2-1-3-6-13/h1-8,12H,9,11H2. The predicted octanol–water partition coefficient (Wildman–Crippen LogP) is 3.45. The maximum Gasteiger partial charge on any atom is 0.192 e. The Labute approximate surface area is 122 Å². The summed E-state index contributed by atoms with van der Waals surface area (Å²) < 4.78 is 5.88. The summed E-state index contributed by atoms with van der Waals surface area (Å²) in [6.45, 7) is 0. The summed E-state index contributed by atoms with van der Waals surface area (Å²) in [5.74, 6) is 0.615. The molecule has 21 heavy (non-hydrogen) atoms. The molecule has 0 unspecified atom stereocenters. The van der Waals surface area contributed by atoms with Gasteiger partial charge in [0.2, 0.25) is 0 Å². The molecule has 0 fully saturated rings. The number of hydrogen-bond acceptors (Lipinski definition) is 3. The van der Waals surface area contributed by atoms with Gasteiger partial charge in [-0.15, -0.1) is 0 Å². The van der Waals surface area contributed by atoms with Crippen LogP contribution in [0, 0.1) is 11.3 Å². The van der Waals surface area contributed by atoms with E-state index < -0.39 is 0 Å². The molecule has 3 aromatic rings. The van der Waals surface area contributed by atoms with E-state index in [1.54, 1.807) is 12.1 Å². The monoisotopic (exact) mass is 275 g/mol. The van der Waals surface area contributed by atoms with Gasteiger partial charge in [-0.1, -0.05) is 42.5 Å². The van der Waals surface area contributed by atoms with Gasteiger partial charge in [0.15, 0.2) is 5.43 Å². The molecule has 3 nitrogen and oxygen atoms in total. The van der Waals surface area contributed by atoms with Crippen LogP contribution in [0.25, 0.3) is 11.0 Å². The summed E-state index contributed by atoms with van der Waals surface area (Å²) >= 11 is 0. The SMILES string of the molecule is N#CCc1cccc2c(=O)cc(Cc3ccccc3)oc12. The van der Waals surface area contributed by atoms with E-state index in [9.17, 15) is 4.79 Å². The van der Waals surface area contributed by atoms with Crippen molar-refractivity contribution in [2.75, 3.05) is 0 Å². The van der Waals surface area contributed by atoms with E-state index >= 15 is 0 Å². The lowest BCUT2D eigenvalue weighted by Crippen LogP contribution is -2.04. The number of rotatable bonds is 3. The van der Waals surface area contributed by atoms with Crippen LogP contribution in [-0.4, -0.2) is 0 Å². The minimum atomic E-state index is -0.0676. The Balaban J connectivity index is 2.11. The molecule has 0 atom stereocenters. The zero-order valence-corrected chi connectivity index (χ0v) is 11.4. The van der Waals surface area contributed by atoms with Crippen molar-refractivity contribution in [2.24, 2.45) is 0 Å². The third-order valence-electron chi connectivity index (χ3n) is 3.38. The molecule has 1 heterocycles. The second-order valence-corrected chi connectivity index (χ2v) is 4.87. The number of nitrogens with zero attached hydrogens (tertiary/aromatic N) is 1. The molecular weight excluding hydrogens is 262 g/mol. The van der Waals surface area contributed by atoms with Gasteiger partial charge in [0, 0.05) is 18.1 Å². The molecule has 0 aliphatic rings. The van der Waals surface area contributed by atoms with Crippen LogP contribution in [0.15, 0.2) is 63.8 Å². The summed E-state index contributed by atoms with van der Waals surface area (Å²) in [4.78, 5) is 12.2. The van der Waals surface area contributed by atoms with Crippen molar-refractivity contribution >= 4 is 11.0 Å². The van der Waals surface area contributed by atoms with Crippen LogP contribution in [0.4, 0.5) is 0 Å². The first kappa shape index (κ1) is 13.1. The third kappa shape index (κ3) is 2.70. The molecule has 0 saturated heterocycles. The Morgan fingerprint density at radius 1 is 1.05 bits per heavy atom. The second kappa shape index (κ2) is 5.64. The van der Waals surface area contributed by atoms with Crippen LogP contribution in [0.3, 0.4) is 0 Å². The van der Waals surface area contributed by atoms with Gasteiger partial charge in [-0.3, -0.25) is 4.79 Å². The van der Waals surface area contributed by atoms with Crippen molar-refractivity contribution in [3.8, 4) is 6.07 Å². The van der Waals surface area contributed by atoms with Crippen molar-refractivity contribution in [3.05, 3.63) is 81.7 Å². The largest absolute Gasteiger partial charge is 0.460 e. The van der Waals surface area contributed by atoms with Crippen molar-refractivity contribution in [3.63, 3.8) is 0 Å². The Morgan fingerprint density at radius 3 is 2.62 bits per heavy atom. The first-order valence-corrected chi connectivity index (χ1v) is 6.73. The molecule has 0 aliphatic carbocycles. The Kier molecular flexibility index (Phi) is 3.53. The normalized spacial score (nSPS) is 10.4. The van der Waals surface area contributed by atoms with E-state index in [-0.39, 0.29) is 11.8 Å². The predicted molar refractivity (Wildman–Crippen MR) is 81.0 cm³/mol. The lowest BCUT2D eigenvalue weighted by atomic mass is 10.1. The van der Waals surface area contributed by atoms with E-state index in [1.807, 2.05) is 36.4 Å². The van der Waals surface area contributed by atoms with Crippen LogP contribution in [0.5, 0.6) is 0 Å². The fraction of sp³-hybridized carbons (Fsp3) is 0.111. The molecule has 0 radical (unpaired) electrons. The summed E-state index contributed by atoms with van der Waals surface area (Å²) in [6, 6.07) is 18.8. The van der Waals surface area contributed by atoms with Gasteiger partial charge >= 0.3 is 0 Å². The molecule has 3 heteroatoms. The molecule has 3 rings (SSSR count). The van der Waals surface area contributed by atoms with E-state index in [4.69, 9.17) is 9.68 Å². The maximum absolute atomic E-state index is 12.2. The summed E-state index contributed by atoms with van der Waals surface area (Å²) in [5, 5.41) is 9.41. The van der Waals surface area contributed by atoms with Crippen molar-refractivity contribution in [1.29, 1.82) is 5.26 Å². The Bertz CT molecular complexity index is 873. The Morgan fingerprint density at radius 2 is 1.86 bits per heavy atom. The molecule has 0 bridgehead atoms. The molecule has 0 saturated carbocycles. The zero-order valence-electron chi connectivity index (χ0n) is 11.4. The molecule has 0 spiro atoms. The quantitative estimate of drug-likeness (QED) is 0.735. The first-order chi connectivity index (χ1) is 10.3. The highest BCUT2D eigenvalue weighted by Gasteiger charge is 2.09. The molecule has 2 aromatic carbocycles. The Hall–Kier alpha value is -2.86. The number of para-hydroxylation sites is 1. The highest BCUT2D eigenvalue weighted by Crippen LogP contribution is 2.19. The van der Waals surface area contributed by atoms with Gasteiger partial charge in [0.05, 0.1) is 17.9 Å². The fourth-order valence-corrected chi connectivity index (χ4v) is 2.39. The number of hydrogen-bond donors (Lipinski definition) is 0. The smallest absolute Gasteiger partial charge is 0.192 e.